The van der Waals surface area contributed by atoms with Crippen molar-refractivity contribution in [3.05, 3.63) is 23.7 Å². The number of unbranched alkanes of at least 4 members (excludes halogenated alkanes) is 3. The van der Waals surface area contributed by atoms with Gasteiger partial charge in [-0.25, -0.2) is 0 Å². The standard InChI is InChI=1S/C13H23NOS/c1-12-7-8-13(15-12)11-14-9-5-3-4-6-10-16-2/h7-8,14H,3-6,9-11H2,1-2H3. The molecule has 0 atom stereocenters. The van der Waals surface area contributed by atoms with Crippen LogP contribution in [0.4, 0.5) is 0 Å². The molecule has 0 unspecified atom stereocenters. The molecule has 0 amide bonds. The molecule has 0 aliphatic heterocycles. The van der Waals surface area contributed by atoms with E-state index in [2.05, 4.69) is 11.6 Å². The van der Waals surface area contributed by atoms with Gasteiger partial charge in [0.2, 0.25) is 0 Å². The van der Waals surface area contributed by atoms with Gasteiger partial charge in [0, 0.05) is 0 Å². The van der Waals surface area contributed by atoms with Crippen LogP contribution in [0.2, 0.25) is 0 Å². The fourth-order valence-electron chi connectivity index (χ4n) is 1.64. The van der Waals surface area contributed by atoms with E-state index in [0.717, 1.165) is 24.6 Å². The van der Waals surface area contributed by atoms with Crippen molar-refractivity contribution in [3.63, 3.8) is 0 Å². The van der Waals surface area contributed by atoms with Crippen molar-refractivity contribution in [1.29, 1.82) is 0 Å². The van der Waals surface area contributed by atoms with Gasteiger partial charge in [-0.15, -0.1) is 0 Å². The van der Waals surface area contributed by atoms with Crippen LogP contribution in [0, 0.1) is 6.92 Å². The molecular weight excluding hydrogens is 218 g/mol. The molecule has 1 aromatic rings. The lowest BCUT2D eigenvalue weighted by molar-refractivity contribution is 0.458. The van der Waals surface area contributed by atoms with Crippen molar-refractivity contribution in [1.82, 2.24) is 5.32 Å². The van der Waals surface area contributed by atoms with E-state index in [1.165, 1.54) is 31.4 Å². The highest BCUT2D eigenvalue weighted by Gasteiger charge is 1.97. The van der Waals surface area contributed by atoms with Crippen LogP contribution >= 0.6 is 11.8 Å². The molecule has 16 heavy (non-hydrogen) atoms. The Balaban J connectivity index is 1.88. The summed E-state index contributed by atoms with van der Waals surface area (Å²) in [6.07, 6.45) is 7.51. The van der Waals surface area contributed by atoms with E-state index in [1.807, 2.05) is 30.8 Å². The van der Waals surface area contributed by atoms with Crippen LogP contribution in [-0.2, 0) is 6.54 Å². The molecule has 3 heteroatoms. The summed E-state index contributed by atoms with van der Waals surface area (Å²) >= 11 is 1.94. The van der Waals surface area contributed by atoms with Crippen LogP contribution in [-0.4, -0.2) is 18.6 Å². The summed E-state index contributed by atoms with van der Waals surface area (Å²) in [5.74, 6) is 3.34. The summed E-state index contributed by atoms with van der Waals surface area (Å²) in [5, 5.41) is 3.41. The van der Waals surface area contributed by atoms with Crippen LogP contribution in [0.15, 0.2) is 16.5 Å². The highest BCUT2D eigenvalue weighted by Crippen LogP contribution is 2.06. The zero-order valence-electron chi connectivity index (χ0n) is 10.4. The van der Waals surface area contributed by atoms with Gasteiger partial charge in [0.1, 0.15) is 11.5 Å². The van der Waals surface area contributed by atoms with Gasteiger partial charge in [-0.2, -0.15) is 11.8 Å². The number of thioether (sulfide) groups is 1. The van der Waals surface area contributed by atoms with Gasteiger partial charge in [-0.1, -0.05) is 12.8 Å². The predicted molar refractivity (Wildman–Crippen MR) is 72.0 cm³/mol. The van der Waals surface area contributed by atoms with Crippen molar-refractivity contribution in [2.75, 3.05) is 18.6 Å². The third kappa shape index (κ3) is 6.23. The molecule has 0 fully saturated rings. The number of furan rings is 1. The number of hydrogen-bond acceptors (Lipinski definition) is 3. The Labute approximate surface area is 103 Å². The maximum atomic E-state index is 5.48. The first-order valence-electron chi connectivity index (χ1n) is 6.08. The molecule has 92 valence electrons. The van der Waals surface area contributed by atoms with Gasteiger partial charge in [0.25, 0.3) is 0 Å². The van der Waals surface area contributed by atoms with Gasteiger partial charge in [-0.05, 0) is 50.5 Å². The zero-order chi connectivity index (χ0) is 11.6. The van der Waals surface area contributed by atoms with Gasteiger partial charge in [0.15, 0.2) is 0 Å². The second-order valence-corrected chi connectivity index (χ2v) is 5.08. The fourth-order valence-corrected chi connectivity index (χ4v) is 2.13. The average Bonchev–Trinajstić information content (AvgIpc) is 2.68. The monoisotopic (exact) mass is 241 g/mol. The SMILES string of the molecule is CSCCCCCCNCc1ccc(C)o1. The first kappa shape index (κ1) is 13.7. The highest BCUT2D eigenvalue weighted by atomic mass is 32.2. The van der Waals surface area contributed by atoms with Gasteiger partial charge in [0.05, 0.1) is 6.54 Å². The summed E-state index contributed by atoms with van der Waals surface area (Å²) in [6.45, 7) is 3.94. The largest absolute Gasteiger partial charge is 0.465 e. The summed E-state index contributed by atoms with van der Waals surface area (Å²) in [4.78, 5) is 0. The Morgan fingerprint density at radius 3 is 2.69 bits per heavy atom. The third-order valence-electron chi connectivity index (χ3n) is 2.55. The van der Waals surface area contributed by atoms with E-state index in [4.69, 9.17) is 4.42 Å². The Hall–Kier alpha value is -0.410. The van der Waals surface area contributed by atoms with Gasteiger partial charge < -0.3 is 9.73 Å². The Kier molecular flexibility index (Phi) is 7.43. The molecule has 0 saturated heterocycles. The van der Waals surface area contributed by atoms with E-state index in [-0.39, 0.29) is 0 Å². The van der Waals surface area contributed by atoms with Crippen LogP contribution in [0.3, 0.4) is 0 Å². The first-order valence-corrected chi connectivity index (χ1v) is 7.47. The third-order valence-corrected chi connectivity index (χ3v) is 3.24. The fraction of sp³-hybridized carbons (Fsp3) is 0.692. The van der Waals surface area contributed by atoms with Crippen LogP contribution in [0.1, 0.15) is 37.2 Å². The van der Waals surface area contributed by atoms with Crippen LogP contribution in [0.25, 0.3) is 0 Å². The number of aryl methyl sites for hydroxylation is 1. The molecule has 0 aliphatic carbocycles. The summed E-state index contributed by atoms with van der Waals surface area (Å²) in [5.41, 5.74) is 0. The Bertz CT molecular complexity index is 273. The van der Waals surface area contributed by atoms with Crippen molar-refractivity contribution < 1.29 is 4.42 Å². The van der Waals surface area contributed by atoms with Crippen molar-refractivity contribution in [3.8, 4) is 0 Å². The van der Waals surface area contributed by atoms with Crippen molar-refractivity contribution in [2.24, 2.45) is 0 Å². The Morgan fingerprint density at radius 1 is 1.19 bits per heavy atom. The molecule has 2 nitrogen and oxygen atoms in total. The molecule has 0 spiro atoms. The second kappa shape index (κ2) is 8.71. The van der Waals surface area contributed by atoms with E-state index in [0.29, 0.717) is 0 Å². The quantitative estimate of drug-likeness (QED) is 0.669. The number of rotatable bonds is 9. The lowest BCUT2D eigenvalue weighted by Crippen LogP contribution is -2.14. The summed E-state index contributed by atoms with van der Waals surface area (Å²) in [6, 6.07) is 4.06. The van der Waals surface area contributed by atoms with Crippen molar-refractivity contribution >= 4 is 11.8 Å². The minimum Gasteiger partial charge on any atom is -0.465 e. The van der Waals surface area contributed by atoms with E-state index >= 15 is 0 Å². The average molecular weight is 241 g/mol. The molecule has 0 aromatic carbocycles. The smallest absolute Gasteiger partial charge is 0.117 e. The predicted octanol–water partition coefficient (Wildman–Crippen LogP) is 3.60. The first-order chi connectivity index (χ1) is 7.83. The maximum absolute atomic E-state index is 5.48. The van der Waals surface area contributed by atoms with Gasteiger partial charge >= 0.3 is 0 Å². The molecule has 1 N–H and O–H groups in total. The molecule has 0 radical (unpaired) electrons. The highest BCUT2D eigenvalue weighted by molar-refractivity contribution is 7.98. The van der Waals surface area contributed by atoms with Gasteiger partial charge in [-0.3, -0.25) is 0 Å². The molecule has 0 aliphatic rings. The van der Waals surface area contributed by atoms with E-state index in [1.54, 1.807) is 0 Å². The molecule has 1 rings (SSSR count). The lowest BCUT2D eigenvalue weighted by Gasteiger charge is -2.02. The van der Waals surface area contributed by atoms with E-state index < -0.39 is 0 Å². The number of nitrogens with one attached hydrogen (secondary N) is 1. The minimum atomic E-state index is 0.860. The molecule has 1 heterocycles. The molecule has 0 saturated carbocycles. The molecule has 0 bridgehead atoms. The Morgan fingerprint density at radius 2 is 2.00 bits per heavy atom. The maximum Gasteiger partial charge on any atom is 0.117 e. The summed E-state index contributed by atoms with van der Waals surface area (Å²) < 4.78 is 5.48. The summed E-state index contributed by atoms with van der Waals surface area (Å²) in [7, 11) is 0. The second-order valence-electron chi connectivity index (χ2n) is 4.10. The van der Waals surface area contributed by atoms with E-state index in [9.17, 15) is 0 Å². The topological polar surface area (TPSA) is 25.2 Å². The molecule has 1 aromatic heterocycles. The zero-order valence-corrected chi connectivity index (χ0v) is 11.2. The number of hydrogen-bond donors (Lipinski definition) is 1. The minimum absolute atomic E-state index is 0.860. The van der Waals surface area contributed by atoms with Crippen LogP contribution < -0.4 is 5.32 Å². The lowest BCUT2D eigenvalue weighted by atomic mass is 10.2. The van der Waals surface area contributed by atoms with Crippen LogP contribution in [0.5, 0.6) is 0 Å². The van der Waals surface area contributed by atoms with Crippen molar-refractivity contribution in [2.45, 2.75) is 39.2 Å². The molecular formula is C13H23NOS. The normalized spacial score (nSPS) is 10.9.